The molecule has 0 aliphatic carbocycles. The Bertz CT molecular complexity index is 747. The van der Waals surface area contributed by atoms with E-state index in [1.165, 1.54) is 10.6 Å². The van der Waals surface area contributed by atoms with E-state index in [0.717, 1.165) is 35.9 Å². The van der Waals surface area contributed by atoms with Gasteiger partial charge in [0.15, 0.2) is 5.96 Å². The number of aliphatic imine (C=N–C) groups is 1. The molecule has 1 heterocycles. The summed E-state index contributed by atoms with van der Waals surface area (Å²) < 4.78 is 28.8. The fraction of sp³-hybridized carbons (Fsp3) is 0.474. The van der Waals surface area contributed by atoms with Crippen LogP contribution in [0.2, 0.25) is 0 Å². The molecule has 0 saturated carbocycles. The third-order valence-electron chi connectivity index (χ3n) is 4.04. The number of rotatable bonds is 8. The van der Waals surface area contributed by atoms with Crippen LogP contribution >= 0.6 is 11.3 Å². The van der Waals surface area contributed by atoms with Gasteiger partial charge in [-0.2, -0.15) is 8.78 Å². The SMILES string of the molecule is CCc1nc(CCNC(=NC)N(C)Cc2ccc(OC(F)F)cc2)sc1C. The van der Waals surface area contributed by atoms with Crippen molar-refractivity contribution in [2.45, 2.75) is 39.8 Å². The predicted molar refractivity (Wildman–Crippen MR) is 106 cm³/mol. The van der Waals surface area contributed by atoms with Gasteiger partial charge < -0.3 is 15.0 Å². The zero-order valence-electron chi connectivity index (χ0n) is 16.1. The lowest BCUT2D eigenvalue weighted by Crippen LogP contribution is -2.39. The fourth-order valence-electron chi connectivity index (χ4n) is 2.71. The minimum atomic E-state index is -2.81. The van der Waals surface area contributed by atoms with Crippen LogP contribution < -0.4 is 10.1 Å². The van der Waals surface area contributed by atoms with Crippen LogP contribution in [0, 0.1) is 6.92 Å². The Hall–Kier alpha value is -2.22. The van der Waals surface area contributed by atoms with Gasteiger partial charge in [0.05, 0.1) is 10.7 Å². The maximum absolute atomic E-state index is 12.2. The molecule has 1 aromatic carbocycles. The van der Waals surface area contributed by atoms with Crippen LogP contribution in [0.3, 0.4) is 0 Å². The van der Waals surface area contributed by atoms with Gasteiger partial charge in [0.1, 0.15) is 5.75 Å². The second-order valence-corrected chi connectivity index (χ2v) is 7.35. The van der Waals surface area contributed by atoms with Crippen molar-refractivity contribution in [3.8, 4) is 5.75 Å². The van der Waals surface area contributed by atoms with Gasteiger partial charge in [-0.15, -0.1) is 11.3 Å². The van der Waals surface area contributed by atoms with Crippen molar-refractivity contribution in [1.29, 1.82) is 0 Å². The summed E-state index contributed by atoms with van der Waals surface area (Å²) in [7, 11) is 3.67. The van der Waals surface area contributed by atoms with E-state index < -0.39 is 6.61 Å². The van der Waals surface area contributed by atoms with E-state index in [-0.39, 0.29) is 5.75 Å². The Morgan fingerprint density at radius 1 is 1.33 bits per heavy atom. The molecule has 1 aromatic heterocycles. The van der Waals surface area contributed by atoms with E-state index in [9.17, 15) is 8.78 Å². The zero-order valence-corrected chi connectivity index (χ0v) is 16.9. The standard InChI is InChI=1S/C19H26F2N4OS/c1-5-16-13(2)27-17(24-16)10-11-23-19(22-3)25(4)12-14-6-8-15(9-7-14)26-18(20)21/h6-9,18H,5,10-12H2,1-4H3,(H,22,23). The summed E-state index contributed by atoms with van der Waals surface area (Å²) in [6.45, 7) is 2.76. The van der Waals surface area contributed by atoms with Crippen molar-refractivity contribution in [2.24, 2.45) is 4.99 Å². The number of ether oxygens (including phenoxy) is 1. The van der Waals surface area contributed by atoms with Crippen LogP contribution in [0.25, 0.3) is 0 Å². The van der Waals surface area contributed by atoms with Crippen LogP contribution in [-0.4, -0.2) is 43.1 Å². The molecule has 5 nitrogen and oxygen atoms in total. The first kappa shape index (κ1) is 21.1. The van der Waals surface area contributed by atoms with Gasteiger partial charge in [-0.3, -0.25) is 4.99 Å². The Kier molecular flexibility index (Phi) is 7.97. The van der Waals surface area contributed by atoms with Crippen LogP contribution in [0.5, 0.6) is 5.75 Å². The summed E-state index contributed by atoms with van der Waals surface area (Å²) in [4.78, 5) is 12.2. The molecular formula is C19H26F2N4OS. The number of hydrogen-bond acceptors (Lipinski definition) is 4. The molecule has 0 spiro atoms. The lowest BCUT2D eigenvalue weighted by Gasteiger charge is -2.22. The third kappa shape index (κ3) is 6.46. The number of benzene rings is 1. The fourth-order valence-corrected chi connectivity index (χ4v) is 3.73. The molecule has 0 aliphatic rings. The number of thiazole rings is 1. The van der Waals surface area contributed by atoms with Crippen LogP contribution in [0.15, 0.2) is 29.3 Å². The molecule has 148 valence electrons. The number of alkyl halides is 2. The lowest BCUT2D eigenvalue weighted by atomic mass is 10.2. The van der Waals surface area contributed by atoms with Gasteiger partial charge in [0.25, 0.3) is 0 Å². The average Bonchev–Trinajstić information content (AvgIpc) is 2.99. The molecule has 0 radical (unpaired) electrons. The number of aromatic nitrogens is 1. The summed E-state index contributed by atoms with van der Waals surface area (Å²) >= 11 is 1.74. The van der Waals surface area contributed by atoms with E-state index in [4.69, 9.17) is 0 Å². The first-order valence-corrected chi connectivity index (χ1v) is 9.65. The largest absolute Gasteiger partial charge is 0.435 e. The number of guanidine groups is 1. The van der Waals surface area contributed by atoms with E-state index in [0.29, 0.717) is 6.54 Å². The van der Waals surface area contributed by atoms with Crippen molar-refractivity contribution in [1.82, 2.24) is 15.2 Å². The second-order valence-electron chi connectivity index (χ2n) is 6.07. The lowest BCUT2D eigenvalue weighted by molar-refractivity contribution is -0.0498. The number of nitrogens with one attached hydrogen (secondary N) is 1. The molecule has 0 saturated heterocycles. The smallest absolute Gasteiger partial charge is 0.387 e. The third-order valence-corrected chi connectivity index (χ3v) is 5.11. The molecule has 0 atom stereocenters. The van der Waals surface area contributed by atoms with Crippen molar-refractivity contribution in [2.75, 3.05) is 20.6 Å². The molecule has 0 unspecified atom stereocenters. The maximum Gasteiger partial charge on any atom is 0.387 e. The van der Waals surface area contributed by atoms with Crippen molar-refractivity contribution in [3.63, 3.8) is 0 Å². The van der Waals surface area contributed by atoms with Gasteiger partial charge >= 0.3 is 6.61 Å². The maximum atomic E-state index is 12.2. The molecular weight excluding hydrogens is 370 g/mol. The number of halogens is 2. The normalized spacial score (nSPS) is 11.7. The summed E-state index contributed by atoms with van der Waals surface area (Å²) in [6, 6.07) is 6.63. The zero-order chi connectivity index (χ0) is 19.8. The topological polar surface area (TPSA) is 49.8 Å². The van der Waals surface area contributed by atoms with Gasteiger partial charge in [-0.25, -0.2) is 4.98 Å². The van der Waals surface area contributed by atoms with Gasteiger partial charge in [-0.1, -0.05) is 19.1 Å². The molecule has 0 aliphatic heterocycles. The molecule has 27 heavy (non-hydrogen) atoms. The minimum absolute atomic E-state index is 0.157. The number of aryl methyl sites for hydroxylation is 2. The molecule has 0 amide bonds. The second kappa shape index (κ2) is 10.2. The Morgan fingerprint density at radius 2 is 2.04 bits per heavy atom. The Labute approximate surface area is 163 Å². The minimum Gasteiger partial charge on any atom is -0.435 e. The molecule has 2 rings (SSSR count). The highest BCUT2D eigenvalue weighted by molar-refractivity contribution is 7.11. The van der Waals surface area contributed by atoms with Crippen LogP contribution in [0.4, 0.5) is 8.78 Å². The van der Waals surface area contributed by atoms with Crippen molar-refractivity contribution >= 4 is 17.3 Å². The number of hydrogen-bond donors (Lipinski definition) is 1. The highest BCUT2D eigenvalue weighted by atomic mass is 32.1. The average molecular weight is 397 g/mol. The van der Waals surface area contributed by atoms with E-state index in [1.807, 2.05) is 11.9 Å². The summed E-state index contributed by atoms with van der Waals surface area (Å²) in [5, 5.41) is 4.47. The molecule has 1 N–H and O–H groups in total. The van der Waals surface area contributed by atoms with Crippen LogP contribution in [-0.2, 0) is 19.4 Å². The van der Waals surface area contributed by atoms with E-state index >= 15 is 0 Å². The molecule has 0 bridgehead atoms. The van der Waals surface area contributed by atoms with Gasteiger partial charge in [0.2, 0.25) is 0 Å². The first-order valence-electron chi connectivity index (χ1n) is 8.83. The van der Waals surface area contributed by atoms with Crippen LogP contribution in [0.1, 0.15) is 28.1 Å². The molecule has 2 aromatic rings. The Balaban J connectivity index is 1.85. The summed E-state index contributed by atoms with van der Waals surface area (Å²) in [6.07, 6.45) is 1.80. The predicted octanol–water partition coefficient (Wildman–Crippen LogP) is 3.87. The first-order chi connectivity index (χ1) is 12.9. The van der Waals surface area contributed by atoms with Crippen molar-refractivity contribution in [3.05, 3.63) is 45.4 Å². The van der Waals surface area contributed by atoms with E-state index in [2.05, 4.69) is 33.9 Å². The summed E-state index contributed by atoms with van der Waals surface area (Å²) in [5.41, 5.74) is 2.15. The molecule has 8 heteroatoms. The molecule has 0 fully saturated rings. The van der Waals surface area contributed by atoms with E-state index in [1.54, 1.807) is 42.6 Å². The van der Waals surface area contributed by atoms with Gasteiger partial charge in [0, 0.05) is 38.5 Å². The number of nitrogens with zero attached hydrogens (tertiary/aromatic N) is 3. The summed E-state index contributed by atoms with van der Waals surface area (Å²) in [5.74, 6) is 0.927. The monoisotopic (exact) mass is 396 g/mol. The highest BCUT2D eigenvalue weighted by Gasteiger charge is 2.10. The highest BCUT2D eigenvalue weighted by Crippen LogP contribution is 2.18. The van der Waals surface area contributed by atoms with Crippen molar-refractivity contribution < 1.29 is 13.5 Å². The Morgan fingerprint density at radius 3 is 2.59 bits per heavy atom. The van der Waals surface area contributed by atoms with Gasteiger partial charge in [-0.05, 0) is 31.0 Å². The quantitative estimate of drug-likeness (QED) is 0.544.